The Kier molecular flexibility index (Phi) is 7.14. The van der Waals surface area contributed by atoms with E-state index in [2.05, 4.69) is 20.2 Å². The molecule has 162 valence electrons. The van der Waals surface area contributed by atoms with Gasteiger partial charge in [-0.1, -0.05) is 6.92 Å². The lowest BCUT2D eigenvalue weighted by atomic mass is 10.2. The topological polar surface area (TPSA) is 116 Å². The molecule has 10 heteroatoms. The van der Waals surface area contributed by atoms with Crippen molar-refractivity contribution in [3.05, 3.63) is 47.9 Å². The van der Waals surface area contributed by atoms with Gasteiger partial charge in [-0.25, -0.2) is 18.4 Å². The van der Waals surface area contributed by atoms with Crippen LogP contribution in [-0.2, 0) is 10.0 Å². The minimum Gasteiger partial charge on any atom is -0.395 e. The first-order valence-corrected chi connectivity index (χ1v) is 11.3. The van der Waals surface area contributed by atoms with Gasteiger partial charge in [0.05, 0.1) is 11.5 Å². The number of aliphatic hydroxyl groups is 1. The van der Waals surface area contributed by atoms with E-state index in [1.807, 2.05) is 6.92 Å². The zero-order valence-electron chi connectivity index (χ0n) is 17.2. The number of carbonyl (C=O) groups is 1. The highest BCUT2D eigenvalue weighted by Crippen LogP contribution is 2.20. The molecule has 30 heavy (non-hydrogen) atoms. The summed E-state index contributed by atoms with van der Waals surface area (Å²) in [5.41, 5.74) is 0.337. The summed E-state index contributed by atoms with van der Waals surface area (Å²) in [6.45, 7) is 5.70. The summed E-state index contributed by atoms with van der Waals surface area (Å²) in [5.74, 6) is 0.550. The van der Waals surface area contributed by atoms with Gasteiger partial charge in [-0.3, -0.25) is 9.69 Å². The van der Waals surface area contributed by atoms with E-state index in [-0.39, 0.29) is 23.5 Å². The number of nitrogens with zero attached hydrogens (tertiary/aromatic N) is 4. The molecule has 1 aliphatic rings. The van der Waals surface area contributed by atoms with Crippen LogP contribution in [0.5, 0.6) is 0 Å². The molecule has 0 spiro atoms. The number of anilines is 1. The van der Waals surface area contributed by atoms with Gasteiger partial charge in [-0.2, -0.15) is 4.31 Å². The molecular weight excluding hydrogens is 406 g/mol. The number of aliphatic hydroxyl groups excluding tert-OH is 1. The minimum absolute atomic E-state index is 0.0614. The Hall–Kier alpha value is -2.40. The molecule has 2 N–H and O–H groups in total. The molecule has 1 amide bonds. The van der Waals surface area contributed by atoms with Crippen LogP contribution < -0.4 is 5.32 Å². The maximum atomic E-state index is 13.0. The lowest BCUT2D eigenvalue weighted by Crippen LogP contribution is -2.52. The fourth-order valence-corrected chi connectivity index (χ4v) is 4.88. The fraction of sp³-hybridized carbons (Fsp3) is 0.450. The van der Waals surface area contributed by atoms with Crippen molar-refractivity contribution in [2.45, 2.75) is 31.2 Å². The summed E-state index contributed by atoms with van der Waals surface area (Å²) in [4.78, 5) is 22.8. The molecular formula is C20H27N5O4S. The van der Waals surface area contributed by atoms with Crippen LogP contribution in [0.15, 0.2) is 41.4 Å². The molecule has 2 aromatic rings. The normalized spacial score (nSPS) is 16.9. The summed E-state index contributed by atoms with van der Waals surface area (Å²) < 4.78 is 27.4. The lowest BCUT2D eigenvalue weighted by Gasteiger charge is -2.37. The highest BCUT2D eigenvalue weighted by atomic mass is 32.2. The van der Waals surface area contributed by atoms with Gasteiger partial charge < -0.3 is 10.4 Å². The molecule has 1 saturated heterocycles. The molecule has 0 unspecified atom stereocenters. The van der Waals surface area contributed by atoms with E-state index in [1.165, 1.54) is 28.6 Å². The average molecular weight is 434 g/mol. The van der Waals surface area contributed by atoms with E-state index < -0.39 is 10.0 Å². The smallest absolute Gasteiger partial charge is 0.256 e. The van der Waals surface area contributed by atoms with Crippen LogP contribution in [0.25, 0.3) is 0 Å². The second-order valence-corrected chi connectivity index (χ2v) is 9.09. The fourth-order valence-electron chi connectivity index (χ4n) is 3.45. The van der Waals surface area contributed by atoms with Crippen molar-refractivity contribution in [3.63, 3.8) is 0 Å². The number of piperazine rings is 1. The van der Waals surface area contributed by atoms with Crippen molar-refractivity contribution in [2.75, 3.05) is 38.1 Å². The largest absolute Gasteiger partial charge is 0.395 e. The number of sulfonamides is 1. The zero-order valence-corrected chi connectivity index (χ0v) is 18.0. The average Bonchev–Trinajstić information content (AvgIpc) is 2.75. The van der Waals surface area contributed by atoms with Gasteiger partial charge in [0.15, 0.2) is 0 Å². The number of carbonyl (C=O) groups excluding carboxylic acids is 1. The van der Waals surface area contributed by atoms with E-state index in [0.29, 0.717) is 43.4 Å². The van der Waals surface area contributed by atoms with Crippen molar-refractivity contribution in [2.24, 2.45) is 0 Å². The molecule has 0 bridgehead atoms. The van der Waals surface area contributed by atoms with Crippen molar-refractivity contribution >= 4 is 21.7 Å². The van der Waals surface area contributed by atoms with Gasteiger partial charge in [0.25, 0.3) is 5.91 Å². The Bertz CT molecular complexity index is 969. The van der Waals surface area contributed by atoms with Gasteiger partial charge >= 0.3 is 0 Å². The van der Waals surface area contributed by atoms with E-state index in [4.69, 9.17) is 0 Å². The van der Waals surface area contributed by atoms with Crippen molar-refractivity contribution in [1.29, 1.82) is 0 Å². The van der Waals surface area contributed by atoms with Crippen LogP contribution in [0.2, 0.25) is 0 Å². The Morgan fingerprint density at radius 3 is 2.40 bits per heavy atom. The van der Waals surface area contributed by atoms with Crippen molar-refractivity contribution in [1.82, 2.24) is 19.2 Å². The Morgan fingerprint density at radius 1 is 1.17 bits per heavy atom. The third-order valence-corrected chi connectivity index (χ3v) is 7.16. The molecule has 0 saturated carbocycles. The van der Waals surface area contributed by atoms with Gasteiger partial charge in [0, 0.05) is 44.0 Å². The van der Waals surface area contributed by atoms with Gasteiger partial charge in [0.2, 0.25) is 10.0 Å². The molecule has 9 nitrogen and oxygen atoms in total. The van der Waals surface area contributed by atoms with Crippen LogP contribution in [0.3, 0.4) is 0 Å². The molecule has 1 aromatic heterocycles. The van der Waals surface area contributed by atoms with Crippen LogP contribution in [0.1, 0.15) is 29.5 Å². The summed E-state index contributed by atoms with van der Waals surface area (Å²) in [6, 6.07) is 7.53. The number of hydrogen-bond acceptors (Lipinski definition) is 7. The maximum absolute atomic E-state index is 13.0. The maximum Gasteiger partial charge on any atom is 0.256 e. The first kappa shape index (κ1) is 22.3. The third-order valence-electron chi connectivity index (χ3n) is 5.24. The number of hydrogen-bond donors (Lipinski definition) is 2. The molecule has 1 aromatic carbocycles. The van der Waals surface area contributed by atoms with Gasteiger partial charge in [-0.15, -0.1) is 0 Å². The molecule has 2 heterocycles. The third kappa shape index (κ3) is 5.01. The summed E-state index contributed by atoms with van der Waals surface area (Å²) >= 11 is 0. The van der Waals surface area contributed by atoms with E-state index in [1.54, 1.807) is 19.2 Å². The van der Waals surface area contributed by atoms with Crippen LogP contribution in [-0.4, -0.2) is 77.4 Å². The van der Waals surface area contributed by atoms with Gasteiger partial charge in [-0.05, 0) is 43.7 Å². The molecule has 0 radical (unpaired) electrons. The standard InChI is InChI=1S/C20H27N5O4S/c1-3-17(14-26)24-10-12-25(13-11-24)30(28,29)18-6-4-16(5-7-18)20(27)23-19-8-9-21-15(2)22-19/h4-9,17,26H,3,10-14H2,1-2H3,(H,21,22,23,27)/t17-/m1/s1. The van der Waals surface area contributed by atoms with E-state index in [9.17, 15) is 18.3 Å². The number of aryl methyl sites for hydroxylation is 1. The van der Waals surface area contributed by atoms with E-state index in [0.717, 1.165) is 6.42 Å². The highest BCUT2D eigenvalue weighted by Gasteiger charge is 2.30. The Morgan fingerprint density at radius 2 is 1.83 bits per heavy atom. The molecule has 1 fully saturated rings. The second-order valence-electron chi connectivity index (χ2n) is 7.15. The predicted octanol–water partition coefficient (Wildman–Crippen LogP) is 1.11. The molecule has 3 rings (SSSR count). The predicted molar refractivity (Wildman–Crippen MR) is 113 cm³/mol. The monoisotopic (exact) mass is 433 g/mol. The van der Waals surface area contributed by atoms with Gasteiger partial charge in [0.1, 0.15) is 11.6 Å². The summed E-state index contributed by atoms with van der Waals surface area (Å²) in [7, 11) is -3.64. The van der Waals surface area contributed by atoms with Crippen molar-refractivity contribution in [3.8, 4) is 0 Å². The number of aromatic nitrogens is 2. The van der Waals surface area contributed by atoms with Crippen LogP contribution in [0, 0.1) is 6.92 Å². The van der Waals surface area contributed by atoms with Crippen molar-refractivity contribution < 1.29 is 18.3 Å². The number of rotatable bonds is 7. The number of amides is 1. The molecule has 0 aliphatic carbocycles. The zero-order chi connectivity index (χ0) is 21.7. The Balaban J connectivity index is 1.65. The number of benzene rings is 1. The van der Waals surface area contributed by atoms with Crippen LogP contribution >= 0.6 is 0 Å². The quantitative estimate of drug-likeness (QED) is 0.672. The number of nitrogens with one attached hydrogen (secondary N) is 1. The Labute approximate surface area is 176 Å². The SMILES string of the molecule is CC[C@H](CO)N1CCN(S(=O)(=O)c2ccc(C(=O)Nc3ccnc(C)n3)cc2)CC1. The molecule has 1 aliphatic heterocycles. The van der Waals surface area contributed by atoms with Crippen LogP contribution in [0.4, 0.5) is 5.82 Å². The lowest BCUT2D eigenvalue weighted by molar-refractivity contribution is 0.0881. The summed E-state index contributed by atoms with van der Waals surface area (Å²) in [5, 5.41) is 12.1. The first-order valence-electron chi connectivity index (χ1n) is 9.91. The minimum atomic E-state index is -3.64. The summed E-state index contributed by atoms with van der Waals surface area (Å²) in [6.07, 6.45) is 2.37. The van der Waals surface area contributed by atoms with E-state index >= 15 is 0 Å². The molecule has 1 atom stereocenters. The highest BCUT2D eigenvalue weighted by molar-refractivity contribution is 7.89. The first-order chi connectivity index (χ1) is 14.3. The second kappa shape index (κ2) is 9.61.